The first-order valence-electron chi connectivity index (χ1n) is 19.0. The summed E-state index contributed by atoms with van der Waals surface area (Å²) in [6.07, 6.45) is 1.19. The van der Waals surface area contributed by atoms with Crippen LogP contribution in [0.1, 0.15) is 37.3 Å². The van der Waals surface area contributed by atoms with Crippen molar-refractivity contribution < 1.29 is 33.7 Å². The Bertz CT molecular complexity index is 2150. The number of fused-ring (bicyclic) bond motifs is 3. The van der Waals surface area contributed by atoms with Crippen LogP contribution in [0.5, 0.6) is 11.5 Å². The molecule has 3 amide bonds. The zero-order valence-corrected chi connectivity index (χ0v) is 34.1. The minimum atomic E-state index is -2.49. The second kappa shape index (κ2) is 14.5. The standard InChI is InChI=1S/C43H46BrN3O7Si/c1-27-41(55(3,4)33-17-15-32(52-2)16-18-33)38(23-39(49)45-20-8-11-31(45)25-48)54-43(27)34-22-29(44)14-19-35(34)46(42(43)51)24-28-9-7-10-30(21-28)47-36-12-5-6-13-37(36)53-26-40(47)50/h5-7,9-10,12-19,21-22,27,31,38,41,48H,8,11,20,23-26H2,1-4H3/t27-,31+,38+,41-,43+/m1/s1. The van der Waals surface area contributed by atoms with Crippen LogP contribution in [0.3, 0.4) is 0 Å². The van der Waals surface area contributed by atoms with Crippen molar-refractivity contribution in [1.29, 1.82) is 0 Å². The first-order chi connectivity index (χ1) is 26.5. The van der Waals surface area contributed by atoms with Gasteiger partial charge in [0, 0.05) is 28.2 Å². The average molecular weight is 825 g/mol. The molecule has 0 radical (unpaired) electrons. The fourth-order valence-corrected chi connectivity index (χ4v) is 14.0. The van der Waals surface area contributed by atoms with Gasteiger partial charge in [0.2, 0.25) is 5.91 Å². The number of likely N-dealkylation sites (tertiary alicyclic amines) is 1. The Kier molecular flexibility index (Phi) is 9.90. The predicted octanol–water partition coefficient (Wildman–Crippen LogP) is 6.65. The fraction of sp³-hybridized carbons (Fsp3) is 0.372. The zero-order valence-electron chi connectivity index (χ0n) is 31.5. The van der Waals surface area contributed by atoms with Crippen LogP contribution in [0.25, 0.3) is 0 Å². The lowest BCUT2D eigenvalue weighted by molar-refractivity contribution is -0.150. The highest BCUT2D eigenvalue weighted by Gasteiger charge is 2.66. The monoisotopic (exact) mass is 823 g/mol. The maximum atomic E-state index is 15.4. The highest BCUT2D eigenvalue weighted by atomic mass is 79.9. The number of para-hydroxylation sites is 2. The SMILES string of the molecule is COc1ccc([Si](C)(C)[C@H]2[C@H](CC(=O)N3CCC[C@H]3CO)O[C@@]3(C(=O)N(Cc4cccc(N5C(=O)COc6ccccc65)c4)c4ccc(Br)cc43)[C@@H]2C)cc1. The smallest absolute Gasteiger partial charge is 0.269 e. The van der Waals surface area contributed by atoms with E-state index in [-0.39, 0.29) is 61.4 Å². The third-order valence-corrected chi connectivity index (χ3v) is 17.2. The van der Waals surface area contributed by atoms with Crippen LogP contribution in [-0.2, 0) is 31.3 Å². The summed E-state index contributed by atoms with van der Waals surface area (Å²) < 4.78 is 19.2. The van der Waals surface area contributed by atoms with E-state index in [1.807, 2.05) is 78.9 Å². The van der Waals surface area contributed by atoms with E-state index in [0.717, 1.165) is 39.9 Å². The van der Waals surface area contributed by atoms with E-state index in [0.29, 0.717) is 23.7 Å². The van der Waals surface area contributed by atoms with Gasteiger partial charge in [-0.25, -0.2) is 0 Å². The van der Waals surface area contributed by atoms with Gasteiger partial charge in [-0.15, -0.1) is 0 Å². The van der Waals surface area contributed by atoms with Crippen LogP contribution in [-0.4, -0.2) is 74.8 Å². The summed E-state index contributed by atoms with van der Waals surface area (Å²) in [4.78, 5) is 48.0. The maximum absolute atomic E-state index is 15.4. The molecule has 0 unspecified atom stereocenters. The molecule has 4 aromatic carbocycles. The Morgan fingerprint density at radius 1 is 1.00 bits per heavy atom. The molecule has 10 nitrogen and oxygen atoms in total. The highest BCUT2D eigenvalue weighted by Crippen LogP contribution is 2.60. The van der Waals surface area contributed by atoms with Crippen LogP contribution in [0, 0.1) is 5.92 Å². The number of nitrogens with zero attached hydrogens (tertiary/aromatic N) is 3. The molecule has 4 heterocycles. The summed E-state index contributed by atoms with van der Waals surface area (Å²) in [7, 11) is -0.836. The van der Waals surface area contributed by atoms with Crippen molar-refractivity contribution in [2.75, 3.05) is 36.7 Å². The summed E-state index contributed by atoms with van der Waals surface area (Å²) in [6, 6.07) is 29.0. The number of carbonyl (C=O) groups excluding carboxylic acids is 3. The molecule has 0 bridgehead atoms. The van der Waals surface area contributed by atoms with Crippen molar-refractivity contribution in [3.8, 4) is 11.5 Å². The molecular weight excluding hydrogens is 778 g/mol. The topological polar surface area (TPSA) is 109 Å². The second-order valence-electron chi connectivity index (χ2n) is 15.6. The number of methoxy groups -OCH3 is 1. The zero-order chi connectivity index (χ0) is 38.6. The van der Waals surface area contributed by atoms with Gasteiger partial charge < -0.3 is 29.1 Å². The first-order valence-corrected chi connectivity index (χ1v) is 22.8. The quantitative estimate of drug-likeness (QED) is 0.189. The summed E-state index contributed by atoms with van der Waals surface area (Å²) >= 11 is 3.69. The molecule has 4 aliphatic heterocycles. The summed E-state index contributed by atoms with van der Waals surface area (Å²) in [5, 5.41) is 11.3. The normalized spacial score (nSPS) is 24.7. The second-order valence-corrected chi connectivity index (χ2v) is 21.2. The number of aliphatic hydroxyl groups excluding tert-OH is 1. The van der Waals surface area contributed by atoms with Crippen molar-refractivity contribution in [3.63, 3.8) is 0 Å². The molecule has 286 valence electrons. The number of ether oxygens (including phenoxy) is 3. The number of benzene rings is 4. The van der Waals surface area contributed by atoms with E-state index in [4.69, 9.17) is 14.2 Å². The molecule has 0 aromatic heterocycles. The maximum Gasteiger partial charge on any atom is 0.269 e. The lowest BCUT2D eigenvalue weighted by Crippen LogP contribution is -2.52. The Balaban J connectivity index is 1.18. The molecule has 12 heteroatoms. The third-order valence-electron chi connectivity index (χ3n) is 12.3. The van der Waals surface area contributed by atoms with Crippen molar-refractivity contribution in [2.45, 2.75) is 69.1 Å². The van der Waals surface area contributed by atoms with Gasteiger partial charge in [-0.2, -0.15) is 0 Å². The number of halogens is 1. The average Bonchev–Trinajstić information content (AvgIpc) is 3.85. The third kappa shape index (κ3) is 6.27. The van der Waals surface area contributed by atoms with Crippen molar-refractivity contribution in [2.24, 2.45) is 5.92 Å². The van der Waals surface area contributed by atoms with Gasteiger partial charge in [0.15, 0.2) is 12.2 Å². The van der Waals surface area contributed by atoms with Crippen LogP contribution in [0.2, 0.25) is 18.6 Å². The van der Waals surface area contributed by atoms with Gasteiger partial charge in [-0.05, 0) is 78.5 Å². The van der Waals surface area contributed by atoms with Gasteiger partial charge in [0.1, 0.15) is 11.5 Å². The number of hydrogen-bond acceptors (Lipinski definition) is 7. The fourth-order valence-electron chi connectivity index (χ4n) is 9.65. The van der Waals surface area contributed by atoms with E-state index < -0.39 is 19.8 Å². The Morgan fingerprint density at radius 3 is 2.55 bits per heavy atom. The molecular formula is C43H46BrN3O7Si. The van der Waals surface area contributed by atoms with E-state index >= 15 is 4.79 Å². The number of hydrogen-bond donors (Lipinski definition) is 1. The van der Waals surface area contributed by atoms with Crippen molar-refractivity contribution >= 4 is 64.0 Å². The van der Waals surface area contributed by atoms with Gasteiger partial charge in [-0.1, -0.05) is 77.5 Å². The van der Waals surface area contributed by atoms with Crippen molar-refractivity contribution in [3.05, 3.63) is 107 Å². The summed E-state index contributed by atoms with van der Waals surface area (Å²) in [5.41, 5.74) is 2.28. The van der Waals surface area contributed by atoms with Gasteiger partial charge in [-0.3, -0.25) is 19.3 Å². The summed E-state index contributed by atoms with van der Waals surface area (Å²) in [5.74, 6) is 0.716. The number of anilines is 3. The molecule has 5 atom stereocenters. The first kappa shape index (κ1) is 37.4. The Hall–Kier alpha value is -4.49. The molecule has 2 fully saturated rings. The number of aliphatic hydroxyl groups is 1. The predicted molar refractivity (Wildman–Crippen MR) is 217 cm³/mol. The van der Waals surface area contributed by atoms with Gasteiger partial charge in [0.05, 0.1) is 58.3 Å². The number of amides is 3. The Morgan fingerprint density at radius 2 is 1.78 bits per heavy atom. The Labute approximate surface area is 331 Å². The van der Waals surface area contributed by atoms with Gasteiger partial charge >= 0.3 is 0 Å². The number of carbonyl (C=O) groups is 3. The lowest BCUT2D eigenvalue weighted by Gasteiger charge is -2.37. The van der Waals surface area contributed by atoms with Crippen LogP contribution in [0.4, 0.5) is 17.1 Å². The molecule has 0 saturated carbocycles. The lowest BCUT2D eigenvalue weighted by atomic mass is 9.82. The van der Waals surface area contributed by atoms with E-state index in [1.165, 1.54) is 5.19 Å². The molecule has 4 aliphatic rings. The molecule has 0 aliphatic carbocycles. The van der Waals surface area contributed by atoms with Crippen LogP contribution in [0.15, 0.2) is 95.5 Å². The van der Waals surface area contributed by atoms with E-state index in [9.17, 15) is 14.7 Å². The molecule has 8 rings (SSSR count). The number of rotatable bonds is 9. The molecule has 4 aromatic rings. The highest BCUT2D eigenvalue weighted by molar-refractivity contribution is 9.10. The molecule has 55 heavy (non-hydrogen) atoms. The van der Waals surface area contributed by atoms with Crippen LogP contribution >= 0.6 is 15.9 Å². The van der Waals surface area contributed by atoms with E-state index in [1.54, 1.807) is 21.8 Å². The largest absolute Gasteiger partial charge is 0.497 e. The molecule has 1 N–H and O–H groups in total. The minimum Gasteiger partial charge on any atom is -0.497 e. The van der Waals surface area contributed by atoms with Crippen LogP contribution < -0.4 is 24.5 Å². The molecule has 2 saturated heterocycles. The van der Waals surface area contributed by atoms with Crippen molar-refractivity contribution in [1.82, 2.24) is 4.90 Å². The molecule has 1 spiro atoms. The van der Waals surface area contributed by atoms with E-state index in [2.05, 4.69) is 48.1 Å². The van der Waals surface area contributed by atoms with Gasteiger partial charge in [0.25, 0.3) is 11.8 Å². The minimum absolute atomic E-state index is 0.0526. The summed E-state index contributed by atoms with van der Waals surface area (Å²) in [6.45, 7) is 7.44.